The van der Waals surface area contributed by atoms with Crippen LogP contribution in [0.15, 0.2) is 0 Å². The lowest BCUT2D eigenvalue weighted by Crippen LogP contribution is -2.35. The predicted molar refractivity (Wildman–Crippen MR) is 68.0 cm³/mol. The highest BCUT2D eigenvalue weighted by Gasteiger charge is 2.27. The number of hydrogen-bond acceptors (Lipinski definition) is 1. The third kappa shape index (κ3) is 5.55. The van der Waals surface area contributed by atoms with E-state index in [1.165, 1.54) is 77.0 Å². The average Bonchev–Trinajstić information content (AvgIpc) is 2.64. The van der Waals surface area contributed by atoms with Gasteiger partial charge in [0.25, 0.3) is 0 Å². The molecule has 0 aromatic carbocycles. The predicted octanol–water partition coefficient (Wildman–Crippen LogP) is 4.40. The molecule has 0 saturated heterocycles. The normalized spacial score (nSPS) is 19.6. The van der Waals surface area contributed by atoms with Gasteiger partial charge in [0.15, 0.2) is 0 Å². The van der Waals surface area contributed by atoms with E-state index in [1.54, 1.807) is 0 Å². The molecule has 1 nitrogen and oxygen atoms in total. The van der Waals surface area contributed by atoms with Crippen molar-refractivity contribution in [2.45, 2.75) is 89.5 Å². The van der Waals surface area contributed by atoms with Crippen LogP contribution in [0, 0.1) is 0 Å². The van der Waals surface area contributed by atoms with Crippen molar-refractivity contribution in [1.29, 1.82) is 0 Å². The van der Waals surface area contributed by atoms with Crippen molar-refractivity contribution >= 4 is 0 Å². The summed E-state index contributed by atoms with van der Waals surface area (Å²) in [5, 5.41) is 0. The van der Waals surface area contributed by atoms with Crippen molar-refractivity contribution in [2.24, 2.45) is 5.73 Å². The summed E-state index contributed by atoms with van der Waals surface area (Å²) in [6.07, 6.45) is 16.4. The highest BCUT2D eigenvalue weighted by molar-refractivity contribution is 4.88. The molecule has 15 heavy (non-hydrogen) atoms. The summed E-state index contributed by atoms with van der Waals surface area (Å²) in [4.78, 5) is 0. The fraction of sp³-hybridized carbons (Fsp3) is 1.00. The van der Waals surface area contributed by atoms with Crippen molar-refractivity contribution in [3.05, 3.63) is 0 Å². The summed E-state index contributed by atoms with van der Waals surface area (Å²) in [5.74, 6) is 0. The zero-order chi connectivity index (χ0) is 11.0. The lowest BCUT2D eigenvalue weighted by atomic mass is 9.91. The Bertz CT molecular complexity index is 147. The zero-order valence-corrected chi connectivity index (χ0v) is 10.6. The number of nitrogens with two attached hydrogens (primary N) is 1. The second kappa shape index (κ2) is 7.27. The fourth-order valence-corrected chi connectivity index (χ4v) is 2.76. The maximum atomic E-state index is 6.32. The number of unbranched alkanes of at least 4 members (excludes halogenated alkanes) is 6. The SMILES string of the molecule is CCCCCCCCCC1(N)CCCC1. The maximum absolute atomic E-state index is 6.32. The van der Waals surface area contributed by atoms with Gasteiger partial charge >= 0.3 is 0 Å². The van der Waals surface area contributed by atoms with Gasteiger partial charge in [-0.3, -0.25) is 0 Å². The highest BCUT2D eigenvalue weighted by Crippen LogP contribution is 2.31. The van der Waals surface area contributed by atoms with Crippen LogP contribution >= 0.6 is 0 Å². The Hall–Kier alpha value is -0.0400. The van der Waals surface area contributed by atoms with E-state index in [9.17, 15) is 0 Å². The molecule has 1 saturated carbocycles. The van der Waals surface area contributed by atoms with Crippen molar-refractivity contribution in [3.8, 4) is 0 Å². The van der Waals surface area contributed by atoms with Crippen LogP contribution in [-0.2, 0) is 0 Å². The molecule has 0 heterocycles. The molecule has 90 valence electrons. The van der Waals surface area contributed by atoms with Gasteiger partial charge in [-0.25, -0.2) is 0 Å². The molecular weight excluding hydrogens is 182 g/mol. The Morgan fingerprint density at radius 2 is 1.40 bits per heavy atom. The van der Waals surface area contributed by atoms with Gasteiger partial charge in [0.05, 0.1) is 0 Å². The standard InChI is InChI=1S/C14H29N/c1-2-3-4-5-6-7-8-11-14(15)12-9-10-13-14/h2-13,15H2,1H3. The molecule has 0 aromatic rings. The molecule has 2 N–H and O–H groups in total. The summed E-state index contributed by atoms with van der Waals surface area (Å²) < 4.78 is 0. The van der Waals surface area contributed by atoms with E-state index >= 15 is 0 Å². The summed E-state index contributed by atoms with van der Waals surface area (Å²) in [6.45, 7) is 2.28. The number of rotatable bonds is 8. The van der Waals surface area contributed by atoms with E-state index in [4.69, 9.17) is 5.73 Å². The molecule has 1 aliphatic carbocycles. The van der Waals surface area contributed by atoms with Gasteiger partial charge in [-0.15, -0.1) is 0 Å². The molecule has 0 spiro atoms. The molecular formula is C14H29N. The third-order valence-corrected chi connectivity index (χ3v) is 3.88. The molecule has 0 radical (unpaired) electrons. The van der Waals surface area contributed by atoms with Gasteiger partial charge < -0.3 is 5.73 Å². The number of hydrogen-bond donors (Lipinski definition) is 1. The van der Waals surface area contributed by atoms with Gasteiger partial charge in [-0.05, 0) is 19.3 Å². The van der Waals surface area contributed by atoms with Crippen LogP contribution in [0.25, 0.3) is 0 Å². The molecule has 1 fully saturated rings. The summed E-state index contributed by atoms with van der Waals surface area (Å²) in [7, 11) is 0. The van der Waals surface area contributed by atoms with Crippen LogP contribution < -0.4 is 5.73 Å². The molecule has 1 rings (SSSR count). The Labute approximate surface area is 95.8 Å². The third-order valence-electron chi connectivity index (χ3n) is 3.88. The highest BCUT2D eigenvalue weighted by atomic mass is 14.7. The van der Waals surface area contributed by atoms with Crippen LogP contribution in [0.1, 0.15) is 84.0 Å². The van der Waals surface area contributed by atoms with Crippen LogP contribution in [-0.4, -0.2) is 5.54 Å². The summed E-state index contributed by atoms with van der Waals surface area (Å²) >= 11 is 0. The maximum Gasteiger partial charge on any atom is 0.0154 e. The van der Waals surface area contributed by atoms with E-state index in [-0.39, 0.29) is 5.54 Å². The lowest BCUT2D eigenvalue weighted by molar-refractivity contribution is 0.383. The first-order valence-corrected chi connectivity index (χ1v) is 7.06. The minimum atomic E-state index is 0.240. The molecule has 1 heteroatoms. The van der Waals surface area contributed by atoms with Crippen LogP contribution in [0.3, 0.4) is 0 Å². The topological polar surface area (TPSA) is 26.0 Å². The molecule has 0 atom stereocenters. The monoisotopic (exact) mass is 211 g/mol. The van der Waals surface area contributed by atoms with Crippen molar-refractivity contribution in [3.63, 3.8) is 0 Å². The van der Waals surface area contributed by atoms with Gasteiger partial charge in [-0.2, -0.15) is 0 Å². The fourth-order valence-electron chi connectivity index (χ4n) is 2.76. The van der Waals surface area contributed by atoms with E-state index in [2.05, 4.69) is 6.92 Å². The van der Waals surface area contributed by atoms with Gasteiger partial charge in [0.1, 0.15) is 0 Å². The Morgan fingerprint density at radius 3 is 2.00 bits per heavy atom. The van der Waals surface area contributed by atoms with E-state index in [0.29, 0.717) is 0 Å². The molecule has 0 amide bonds. The quantitative estimate of drug-likeness (QED) is 0.592. The second-order valence-electron chi connectivity index (χ2n) is 5.44. The van der Waals surface area contributed by atoms with Gasteiger partial charge in [0, 0.05) is 5.54 Å². The Kier molecular flexibility index (Phi) is 6.31. The molecule has 0 bridgehead atoms. The molecule has 0 aromatic heterocycles. The van der Waals surface area contributed by atoms with Crippen LogP contribution in [0.2, 0.25) is 0 Å². The van der Waals surface area contributed by atoms with Gasteiger partial charge in [0.2, 0.25) is 0 Å². The van der Waals surface area contributed by atoms with Crippen molar-refractivity contribution < 1.29 is 0 Å². The minimum Gasteiger partial charge on any atom is -0.325 e. The first-order valence-electron chi connectivity index (χ1n) is 7.06. The van der Waals surface area contributed by atoms with Crippen LogP contribution in [0.4, 0.5) is 0 Å². The van der Waals surface area contributed by atoms with Crippen LogP contribution in [0.5, 0.6) is 0 Å². The molecule has 0 unspecified atom stereocenters. The Balaban J connectivity index is 1.88. The second-order valence-corrected chi connectivity index (χ2v) is 5.44. The van der Waals surface area contributed by atoms with Crippen molar-refractivity contribution in [1.82, 2.24) is 0 Å². The minimum absolute atomic E-state index is 0.240. The smallest absolute Gasteiger partial charge is 0.0154 e. The zero-order valence-electron chi connectivity index (χ0n) is 10.6. The first kappa shape index (κ1) is 13.0. The Morgan fingerprint density at radius 1 is 0.867 bits per heavy atom. The first-order chi connectivity index (χ1) is 7.27. The summed E-state index contributed by atoms with van der Waals surface area (Å²) in [5.41, 5.74) is 6.56. The average molecular weight is 211 g/mol. The van der Waals surface area contributed by atoms with E-state index in [0.717, 1.165) is 0 Å². The lowest BCUT2D eigenvalue weighted by Gasteiger charge is -2.23. The van der Waals surface area contributed by atoms with Gasteiger partial charge in [-0.1, -0.05) is 64.7 Å². The van der Waals surface area contributed by atoms with E-state index in [1.807, 2.05) is 0 Å². The van der Waals surface area contributed by atoms with Crippen molar-refractivity contribution in [2.75, 3.05) is 0 Å². The molecule has 0 aliphatic heterocycles. The van der Waals surface area contributed by atoms with E-state index < -0.39 is 0 Å². The largest absolute Gasteiger partial charge is 0.325 e. The summed E-state index contributed by atoms with van der Waals surface area (Å²) in [6, 6.07) is 0. The molecule has 1 aliphatic rings.